The van der Waals surface area contributed by atoms with E-state index in [9.17, 15) is 9.59 Å². The standard InChI is InChI=1S/C11H23N3O4/c1-5-14(8(2)6-13(3)4)11(18)12-9(7-15)10(16)17/h8-9,15H,5-7H2,1-4H3,(H,12,18)(H,16,17). The van der Waals surface area contributed by atoms with E-state index < -0.39 is 24.6 Å². The zero-order chi connectivity index (χ0) is 14.3. The third kappa shape index (κ3) is 5.33. The van der Waals surface area contributed by atoms with Gasteiger partial charge >= 0.3 is 12.0 Å². The molecule has 0 spiro atoms. The first-order chi connectivity index (χ1) is 8.33. The Labute approximate surface area is 107 Å². The minimum atomic E-state index is -1.27. The molecule has 0 aliphatic rings. The van der Waals surface area contributed by atoms with E-state index in [1.54, 1.807) is 0 Å². The molecule has 0 aliphatic carbocycles. The highest BCUT2D eigenvalue weighted by Crippen LogP contribution is 2.01. The van der Waals surface area contributed by atoms with Gasteiger partial charge in [-0.3, -0.25) is 0 Å². The molecule has 7 heteroatoms. The second kappa shape index (κ2) is 7.88. The van der Waals surface area contributed by atoms with Crippen molar-refractivity contribution in [1.82, 2.24) is 15.1 Å². The molecule has 0 aromatic heterocycles. The average Bonchev–Trinajstić information content (AvgIpc) is 2.25. The zero-order valence-electron chi connectivity index (χ0n) is 11.4. The average molecular weight is 261 g/mol. The van der Waals surface area contributed by atoms with Crippen molar-refractivity contribution in [1.29, 1.82) is 0 Å². The summed E-state index contributed by atoms with van der Waals surface area (Å²) in [7, 11) is 3.80. The Morgan fingerprint density at radius 2 is 1.89 bits per heavy atom. The molecular formula is C11H23N3O4. The largest absolute Gasteiger partial charge is 0.480 e. The van der Waals surface area contributed by atoms with E-state index in [0.29, 0.717) is 13.1 Å². The zero-order valence-corrected chi connectivity index (χ0v) is 11.4. The van der Waals surface area contributed by atoms with Crippen LogP contribution in [0.5, 0.6) is 0 Å². The number of likely N-dealkylation sites (N-methyl/N-ethyl adjacent to an activating group) is 2. The number of carboxylic acid groups (broad SMARTS) is 1. The van der Waals surface area contributed by atoms with Gasteiger partial charge in [0, 0.05) is 19.1 Å². The molecule has 0 bridgehead atoms. The molecule has 2 atom stereocenters. The lowest BCUT2D eigenvalue weighted by Gasteiger charge is -2.31. The maximum absolute atomic E-state index is 11.9. The van der Waals surface area contributed by atoms with Crippen LogP contribution in [-0.2, 0) is 4.79 Å². The first-order valence-corrected chi connectivity index (χ1v) is 5.89. The van der Waals surface area contributed by atoms with E-state index in [0.717, 1.165) is 0 Å². The van der Waals surface area contributed by atoms with E-state index >= 15 is 0 Å². The molecule has 0 fully saturated rings. The predicted octanol–water partition coefficient (Wildman–Crippen LogP) is -0.586. The lowest BCUT2D eigenvalue weighted by atomic mass is 10.2. The number of urea groups is 1. The quantitative estimate of drug-likeness (QED) is 0.570. The van der Waals surface area contributed by atoms with Crippen LogP contribution in [0.2, 0.25) is 0 Å². The summed E-state index contributed by atoms with van der Waals surface area (Å²) >= 11 is 0. The highest BCUT2D eigenvalue weighted by molar-refractivity contribution is 5.82. The van der Waals surface area contributed by atoms with Crippen molar-refractivity contribution in [3.05, 3.63) is 0 Å². The van der Waals surface area contributed by atoms with Crippen LogP contribution in [0.1, 0.15) is 13.8 Å². The fourth-order valence-electron chi connectivity index (χ4n) is 1.70. The third-order valence-corrected chi connectivity index (χ3v) is 2.54. The van der Waals surface area contributed by atoms with Gasteiger partial charge in [0.1, 0.15) is 0 Å². The predicted molar refractivity (Wildman–Crippen MR) is 67.4 cm³/mol. The van der Waals surface area contributed by atoms with E-state index in [2.05, 4.69) is 5.32 Å². The molecule has 106 valence electrons. The maximum atomic E-state index is 11.9. The number of aliphatic carboxylic acids is 1. The smallest absolute Gasteiger partial charge is 0.328 e. The summed E-state index contributed by atoms with van der Waals surface area (Å²) in [5, 5.41) is 19.9. The van der Waals surface area contributed by atoms with Crippen LogP contribution in [0, 0.1) is 0 Å². The Morgan fingerprint density at radius 3 is 2.22 bits per heavy atom. The maximum Gasteiger partial charge on any atom is 0.328 e. The first-order valence-electron chi connectivity index (χ1n) is 5.89. The van der Waals surface area contributed by atoms with Crippen molar-refractivity contribution < 1.29 is 19.8 Å². The number of rotatable bonds is 7. The van der Waals surface area contributed by atoms with Crippen LogP contribution in [0.25, 0.3) is 0 Å². The van der Waals surface area contributed by atoms with Crippen molar-refractivity contribution in [3.8, 4) is 0 Å². The van der Waals surface area contributed by atoms with Gasteiger partial charge in [-0.15, -0.1) is 0 Å². The molecule has 0 radical (unpaired) electrons. The molecule has 0 saturated carbocycles. The second-order valence-electron chi connectivity index (χ2n) is 4.42. The van der Waals surface area contributed by atoms with Gasteiger partial charge in [0.2, 0.25) is 0 Å². The summed E-state index contributed by atoms with van der Waals surface area (Å²) in [5.74, 6) is -1.25. The summed E-state index contributed by atoms with van der Waals surface area (Å²) < 4.78 is 0. The summed E-state index contributed by atoms with van der Waals surface area (Å²) in [4.78, 5) is 26.1. The molecule has 0 rings (SSSR count). The summed E-state index contributed by atoms with van der Waals surface area (Å²) in [5.41, 5.74) is 0. The second-order valence-corrected chi connectivity index (χ2v) is 4.42. The van der Waals surface area contributed by atoms with Crippen LogP contribution >= 0.6 is 0 Å². The summed E-state index contributed by atoms with van der Waals surface area (Å²) in [6.07, 6.45) is 0. The lowest BCUT2D eigenvalue weighted by Crippen LogP contribution is -2.53. The molecule has 0 aromatic rings. The van der Waals surface area contributed by atoms with E-state index in [1.807, 2.05) is 32.8 Å². The number of amides is 2. The molecule has 0 heterocycles. The SMILES string of the molecule is CCN(C(=O)NC(CO)C(=O)O)C(C)CN(C)C. The monoisotopic (exact) mass is 261 g/mol. The van der Waals surface area contributed by atoms with Gasteiger partial charge in [0.05, 0.1) is 6.61 Å². The highest BCUT2D eigenvalue weighted by atomic mass is 16.4. The number of nitrogens with one attached hydrogen (secondary N) is 1. The Hall–Kier alpha value is -1.34. The van der Waals surface area contributed by atoms with Crippen LogP contribution in [-0.4, -0.2) is 77.9 Å². The van der Waals surface area contributed by atoms with Crippen LogP contribution < -0.4 is 5.32 Å². The molecule has 0 saturated heterocycles. The third-order valence-electron chi connectivity index (χ3n) is 2.54. The number of carboxylic acids is 1. The summed E-state index contributed by atoms with van der Waals surface area (Å²) in [6, 6.07) is -1.79. The van der Waals surface area contributed by atoms with Gasteiger partial charge in [0.15, 0.2) is 6.04 Å². The highest BCUT2D eigenvalue weighted by Gasteiger charge is 2.24. The molecule has 2 unspecified atom stereocenters. The van der Waals surface area contributed by atoms with Gasteiger partial charge in [-0.05, 0) is 27.9 Å². The Kier molecular flexibility index (Phi) is 7.30. The van der Waals surface area contributed by atoms with Gasteiger partial charge in [0.25, 0.3) is 0 Å². The molecule has 0 aromatic carbocycles. The van der Waals surface area contributed by atoms with Crippen LogP contribution in [0.3, 0.4) is 0 Å². The Morgan fingerprint density at radius 1 is 1.33 bits per heavy atom. The van der Waals surface area contributed by atoms with Crippen molar-refractivity contribution in [2.75, 3.05) is 33.8 Å². The molecular weight excluding hydrogens is 238 g/mol. The Balaban J connectivity index is 4.55. The lowest BCUT2D eigenvalue weighted by molar-refractivity contribution is -0.140. The van der Waals surface area contributed by atoms with E-state index in [4.69, 9.17) is 10.2 Å². The van der Waals surface area contributed by atoms with E-state index in [-0.39, 0.29) is 6.04 Å². The van der Waals surface area contributed by atoms with Crippen molar-refractivity contribution in [2.45, 2.75) is 25.9 Å². The molecule has 3 N–H and O–H groups in total. The fraction of sp³-hybridized carbons (Fsp3) is 0.818. The molecule has 2 amide bonds. The molecule has 7 nitrogen and oxygen atoms in total. The van der Waals surface area contributed by atoms with Crippen LogP contribution in [0.15, 0.2) is 0 Å². The molecule has 0 aliphatic heterocycles. The summed E-state index contributed by atoms with van der Waals surface area (Å²) in [6.45, 7) is 4.23. The van der Waals surface area contributed by atoms with Gasteiger partial charge < -0.3 is 25.3 Å². The van der Waals surface area contributed by atoms with Gasteiger partial charge in [-0.1, -0.05) is 0 Å². The first kappa shape index (κ1) is 16.7. The van der Waals surface area contributed by atoms with Crippen molar-refractivity contribution >= 4 is 12.0 Å². The Bertz CT molecular complexity index is 283. The van der Waals surface area contributed by atoms with Crippen molar-refractivity contribution in [3.63, 3.8) is 0 Å². The van der Waals surface area contributed by atoms with E-state index in [1.165, 1.54) is 4.90 Å². The van der Waals surface area contributed by atoms with Gasteiger partial charge in [-0.2, -0.15) is 0 Å². The van der Waals surface area contributed by atoms with Gasteiger partial charge in [-0.25, -0.2) is 9.59 Å². The number of hydrogen-bond donors (Lipinski definition) is 3. The number of aliphatic hydroxyl groups is 1. The van der Waals surface area contributed by atoms with Crippen LogP contribution in [0.4, 0.5) is 4.79 Å². The number of hydrogen-bond acceptors (Lipinski definition) is 4. The minimum absolute atomic E-state index is 0.0434. The molecule has 18 heavy (non-hydrogen) atoms. The number of carbonyl (C=O) groups excluding carboxylic acids is 1. The number of aliphatic hydroxyl groups excluding tert-OH is 1. The minimum Gasteiger partial charge on any atom is -0.480 e. The topological polar surface area (TPSA) is 93.1 Å². The number of nitrogens with zero attached hydrogens (tertiary/aromatic N) is 2. The fourth-order valence-corrected chi connectivity index (χ4v) is 1.70. The number of carbonyl (C=O) groups is 2. The van der Waals surface area contributed by atoms with Crippen molar-refractivity contribution in [2.24, 2.45) is 0 Å². The normalized spacial score (nSPS) is 14.1.